The normalized spacial score (nSPS) is 13.8. The lowest BCUT2D eigenvalue weighted by Gasteiger charge is -2.21. The van der Waals surface area contributed by atoms with Gasteiger partial charge < -0.3 is 9.80 Å². The fourth-order valence-corrected chi connectivity index (χ4v) is 2.57. The van der Waals surface area contributed by atoms with Crippen molar-refractivity contribution in [2.24, 2.45) is 0 Å². The van der Waals surface area contributed by atoms with Crippen LogP contribution in [-0.4, -0.2) is 13.2 Å². The summed E-state index contributed by atoms with van der Waals surface area (Å²) < 4.78 is 0. The zero-order chi connectivity index (χ0) is 12.4. The van der Waals surface area contributed by atoms with Crippen molar-refractivity contribution in [3.05, 3.63) is 54.6 Å². The minimum absolute atomic E-state index is 0.956. The summed E-state index contributed by atoms with van der Waals surface area (Å²) >= 11 is 0. The number of fused-ring (bicyclic) bond motifs is 1. The van der Waals surface area contributed by atoms with Gasteiger partial charge in [0, 0.05) is 12.2 Å². The van der Waals surface area contributed by atoms with Crippen LogP contribution in [0.1, 0.15) is 13.3 Å². The molecule has 0 saturated heterocycles. The van der Waals surface area contributed by atoms with Crippen LogP contribution in [0.25, 0.3) is 0 Å². The molecule has 0 aromatic heterocycles. The first kappa shape index (κ1) is 11.1. The molecule has 0 radical (unpaired) electrons. The molecule has 2 nitrogen and oxygen atoms in total. The third kappa shape index (κ3) is 1.84. The van der Waals surface area contributed by atoms with E-state index in [2.05, 4.69) is 71.3 Å². The molecule has 0 amide bonds. The Labute approximate surface area is 108 Å². The first-order valence-corrected chi connectivity index (χ1v) is 6.56. The second-order valence-electron chi connectivity index (χ2n) is 4.66. The Balaban J connectivity index is 1.99. The van der Waals surface area contributed by atoms with Gasteiger partial charge in [-0.3, -0.25) is 0 Å². The second kappa shape index (κ2) is 4.73. The van der Waals surface area contributed by atoms with Gasteiger partial charge in [-0.2, -0.15) is 0 Å². The molecule has 0 unspecified atom stereocenters. The average Bonchev–Trinajstić information content (AvgIpc) is 2.80. The summed E-state index contributed by atoms with van der Waals surface area (Å²) in [5, 5.41) is 0. The molecule has 0 saturated carbocycles. The summed E-state index contributed by atoms with van der Waals surface area (Å²) in [5.74, 6) is 0. The van der Waals surface area contributed by atoms with Crippen molar-refractivity contribution in [3.63, 3.8) is 0 Å². The highest BCUT2D eigenvalue weighted by Crippen LogP contribution is 2.39. The standard InChI is InChI=1S/C16H18N2/c1-2-12-17-13-18(14-8-4-3-5-9-14)16-11-7-6-10-15(16)17/h3-11H,2,12-13H2,1H3. The van der Waals surface area contributed by atoms with Gasteiger partial charge in [0.2, 0.25) is 0 Å². The molecular weight excluding hydrogens is 220 g/mol. The summed E-state index contributed by atoms with van der Waals surface area (Å²) in [4.78, 5) is 4.83. The Morgan fingerprint density at radius 3 is 2.28 bits per heavy atom. The van der Waals surface area contributed by atoms with E-state index >= 15 is 0 Å². The van der Waals surface area contributed by atoms with E-state index in [9.17, 15) is 0 Å². The van der Waals surface area contributed by atoms with Gasteiger partial charge >= 0.3 is 0 Å². The molecule has 1 aliphatic heterocycles. The van der Waals surface area contributed by atoms with Gasteiger partial charge in [-0.1, -0.05) is 37.3 Å². The number of benzene rings is 2. The molecule has 92 valence electrons. The molecule has 0 aliphatic carbocycles. The molecule has 0 bridgehead atoms. The highest BCUT2D eigenvalue weighted by atomic mass is 15.4. The van der Waals surface area contributed by atoms with E-state index in [1.165, 1.54) is 23.5 Å². The predicted molar refractivity (Wildman–Crippen MR) is 77.5 cm³/mol. The molecule has 1 heterocycles. The molecule has 0 N–H and O–H groups in total. The highest BCUT2D eigenvalue weighted by molar-refractivity contribution is 5.82. The molecule has 2 aromatic rings. The lowest BCUT2D eigenvalue weighted by molar-refractivity contribution is 0.795. The van der Waals surface area contributed by atoms with Crippen LogP contribution < -0.4 is 9.80 Å². The van der Waals surface area contributed by atoms with Gasteiger partial charge in [0.25, 0.3) is 0 Å². The monoisotopic (exact) mass is 238 g/mol. The Kier molecular flexibility index (Phi) is 2.93. The molecule has 2 heteroatoms. The first-order chi connectivity index (χ1) is 8.90. The fraction of sp³-hybridized carbons (Fsp3) is 0.250. The van der Waals surface area contributed by atoms with Crippen LogP contribution in [0.15, 0.2) is 54.6 Å². The van der Waals surface area contributed by atoms with E-state index in [1.54, 1.807) is 0 Å². The molecule has 1 aliphatic rings. The minimum Gasteiger partial charge on any atom is -0.352 e. The van der Waals surface area contributed by atoms with Crippen LogP contribution in [0.3, 0.4) is 0 Å². The average molecular weight is 238 g/mol. The third-order valence-corrected chi connectivity index (χ3v) is 3.39. The quantitative estimate of drug-likeness (QED) is 0.797. The second-order valence-corrected chi connectivity index (χ2v) is 4.66. The van der Waals surface area contributed by atoms with Crippen LogP contribution in [0, 0.1) is 0 Å². The Bertz CT molecular complexity index is 522. The molecule has 0 atom stereocenters. The Hall–Kier alpha value is -1.96. The maximum Gasteiger partial charge on any atom is 0.0953 e. The van der Waals surface area contributed by atoms with Crippen LogP contribution in [0.5, 0.6) is 0 Å². The van der Waals surface area contributed by atoms with E-state index in [0.717, 1.165) is 13.2 Å². The van der Waals surface area contributed by atoms with Crippen LogP contribution in [-0.2, 0) is 0 Å². The van der Waals surface area contributed by atoms with Crippen LogP contribution in [0.2, 0.25) is 0 Å². The van der Waals surface area contributed by atoms with Crippen molar-refractivity contribution in [3.8, 4) is 0 Å². The lowest BCUT2D eigenvalue weighted by atomic mass is 10.2. The van der Waals surface area contributed by atoms with Gasteiger partial charge in [0.15, 0.2) is 0 Å². The number of anilines is 3. The van der Waals surface area contributed by atoms with Gasteiger partial charge in [-0.25, -0.2) is 0 Å². The summed E-state index contributed by atoms with van der Waals surface area (Å²) in [6.45, 7) is 4.30. The molecule has 3 rings (SSSR count). The highest BCUT2D eigenvalue weighted by Gasteiger charge is 2.25. The van der Waals surface area contributed by atoms with E-state index in [4.69, 9.17) is 0 Å². The molecular formula is C16H18N2. The van der Waals surface area contributed by atoms with Crippen molar-refractivity contribution in [1.82, 2.24) is 0 Å². The maximum absolute atomic E-state index is 2.45. The van der Waals surface area contributed by atoms with Crippen LogP contribution >= 0.6 is 0 Å². The van der Waals surface area contributed by atoms with E-state index in [-0.39, 0.29) is 0 Å². The largest absolute Gasteiger partial charge is 0.352 e. The fourth-order valence-electron chi connectivity index (χ4n) is 2.57. The number of para-hydroxylation sites is 3. The van der Waals surface area contributed by atoms with Gasteiger partial charge in [0.05, 0.1) is 18.0 Å². The smallest absolute Gasteiger partial charge is 0.0953 e. The zero-order valence-electron chi connectivity index (χ0n) is 10.7. The first-order valence-electron chi connectivity index (χ1n) is 6.56. The molecule has 0 fully saturated rings. The summed E-state index contributed by atoms with van der Waals surface area (Å²) in [6.07, 6.45) is 1.18. The SMILES string of the molecule is CCCN1CN(c2ccccc2)c2ccccc21. The van der Waals surface area contributed by atoms with Gasteiger partial charge in [-0.15, -0.1) is 0 Å². The number of hydrogen-bond donors (Lipinski definition) is 0. The number of hydrogen-bond acceptors (Lipinski definition) is 2. The predicted octanol–water partition coefficient (Wildman–Crippen LogP) is 4.01. The van der Waals surface area contributed by atoms with Crippen molar-refractivity contribution in [2.45, 2.75) is 13.3 Å². The van der Waals surface area contributed by atoms with Crippen LogP contribution in [0.4, 0.5) is 17.1 Å². The maximum atomic E-state index is 2.45. The van der Waals surface area contributed by atoms with Gasteiger partial charge in [0.1, 0.15) is 0 Å². The van der Waals surface area contributed by atoms with E-state index in [1.807, 2.05) is 0 Å². The van der Waals surface area contributed by atoms with E-state index in [0.29, 0.717) is 0 Å². The molecule has 18 heavy (non-hydrogen) atoms. The molecule has 2 aromatic carbocycles. The summed E-state index contributed by atoms with van der Waals surface area (Å²) in [7, 11) is 0. The van der Waals surface area contributed by atoms with Crippen molar-refractivity contribution < 1.29 is 0 Å². The van der Waals surface area contributed by atoms with Crippen molar-refractivity contribution >= 4 is 17.1 Å². The lowest BCUT2D eigenvalue weighted by Crippen LogP contribution is -2.28. The number of nitrogens with zero attached hydrogens (tertiary/aromatic N) is 2. The van der Waals surface area contributed by atoms with Crippen molar-refractivity contribution in [1.29, 1.82) is 0 Å². The van der Waals surface area contributed by atoms with E-state index < -0.39 is 0 Å². The molecule has 0 spiro atoms. The zero-order valence-corrected chi connectivity index (χ0v) is 10.7. The number of rotatable bonds is 3. The minimum atomic E-state index is 0.956. The van der Waals surface area contributed by atoms with Gasteiger partial charge in [-0.05, 0) is 30.7 Å². The summed E-state index contributed by atoms with van der Waals surface area (Å²) in [5.41, 5.74) is 3.93. The Morgan fingerprint density at radius 1 is 0.889 bits per heavy atom. The summed E-state index contributed by atoms with van der Waals surface area (Å²) in [6, 6.07) is 19.3. The Morgan fingerprint density at radius 2 is 1.56 bits per heavy atom. The topological polar surface area (TPSA) is 6.48 Å². The third-order valence-electron chi connectivity index (χ3n) is 3.39. The van der Waals surface area contributed by atoms with Crippen molar-refractivity contribution in [2.75, 3.05) is 23.0 Å².